The minimum Gasteiger partial charge on any atom is -0.244 e. The van der Waals surface area contributed by atoms with E-state index in [0.29, 0.717) is 0 Å². The summed E-state index contributed by atoms with van der Waals surface area (Å²) in [6.45, 7) is 21.7. The highest BCUT2D eigenvalue weighted by atomic mass is 15.9. The predicted octanol–water partition coefficient (Wildman–Crippen LogP) is 3.54. The van der Waals surface area contributed by atoms with Crippen molar-refractivity contribution < 1.29 is 8.97 Å². The van der Waals surface area contributed by atoms with Crippen LogP contribution in [0.15, 0.2) is 0 Å². The lowest BCUT2D eigenvalue weighted by atomic mass is 10.1. The largest absolute Gasteiger partial charge is 0.356 e. The molecule has 4 nitrogen and oxygen atoms in total. The summed E-state index contributed by atoms with van der Waals surface area (Å²) in [4.78, 5) is 5.81. The zero-order valence-electron chi connectivity index (χ0n) is 18.5. The van der Waals surface area contributed by atoms with Gasteiger partial charge in [0.1, 0.15) is 12.6 Å². The fraction of sp³-hybridized carbons (Fsp3) is 1.00. The van der Waals surface area contributed by atoms with Gasteiger partial charge >= 0.3 is 5.91 Å². The average molecular weight is 355 g/mol. The molecule has 0 aromatic heterocycles. The summed E-state index contributed by atoms with van der Waals surface area (Å²) < 4.78 is 2.39. The van der Waals surface area contributed by atoms with Crippen LogP contribution in [0, 0.1) is 0 Å². The highest BCUT2D eigenvalue weighted by Crippen LogP contribution is 2.51. The summed E-state index contributed by atoms with van der Waals surface area (Å²) in [5, 5.41) is 0. The van der Waals surface area contributed by atoms with E-state index < -0.39 is 0 Å². The van der Waals surface area contributed by atoms with Gasteiger partial charge in [-0.15, -0.1) is 0 Å². The van der Waals surface area contributed by atoms with E-state index in [2.05, 4.69) is 65.4 Å². The van der Waals surface area contributed by atoms with E-state index in [0.717, 1.165) is 18.6 Å². The standard InChI is InChI=1S/C21H46N4/c1-9-15-19-18-24(7,13-5)21(23(19)12-4)22(11-3)17-20(16-10-2)25(21,8)14-6/h19-20H,9-18H2,1-8H3/q+2/t19?,20?,21?,24-,25-/m1/s1. The fourth-order valence-corrected chi connectivity index (χ4v) is 6.65. The normalized spacial score (nSPS) is 42.7. The van der Waals surface area contributed by atoms with Gasteiger partial charge in [0.05, 0.1) is 39.8 Å². The summed E-state index contributed by atoms with van der Waals surface area (Å²) in [5.74, 6) is 0.118. The Balaban J connectivity index is 2.67. The van der Waals surface area contributed by atoms with Crippen LogP contribution in [0.1, 0.15) is 67.2 Å². The minimum absolute atomic E-state index is 0.118. The quantitative estimate of drug-likeness (QED) is 0.615. The summed E-state index contributed by atoms with van der Waals surface area (Å²) in [5.41, 5.74) is 0. The van der Waals surface area contributed by atoms with Gasteiger partial charge < -0.3 is 0 Å². The molecule has 0 amide bonds. The molecule has 0 saturated carbocycles. The highest BCUT2D eigenvalue weighted by Gasteiger charge is 2.78. The van der Waals surface area contributed by atoms with Crippen LogP contribution in [0.3, 0.4) is 0 Å². The van der Waals surface area contributed by atoms with E-state index in [9.17, 15) is 0 Å². The van der Waals surface area contributed by atoms with Crippen LogP contribution in [0.4, 0.5) is 0 Å². The Bertz CT molecular complexity index is 442. The Morgan fingerprint density at radius 2 is 1.52 bits per heavy atom. The first-order valence-corrected chi connectivity index (χ1v) is 11.1. The molecule has 2 saturated heterocycles. The second-order valence-corrected chi connectivity index (χ2v) is 8.79. The Labute approximate surface area is 157 Å². The van der Waals surface area contributed by atoms with E-state index in [4.69, 9.17) is 0 Å². The molecule has 4 heteroatoms. The maximum atomic E-state index is 2.93. The first kappa shape index (κ1) is 21.1. The summed E-state index contributed by atoms with van der Waals surface area (Å²) >= 11 is 0. The van der Waals surface area contributed by atoms with Crippen molar-refractivity contribution in [2.24, 2.45) is 0 Å². The van der Waals surface area contributed by atoms with Crippen molar-refractivity contribution in [3.05, 3.63) is 0 Å². The summed E-state index contributed by atoms with van der Waals surface area (Å²) in [6.07, 6.45) is 5.28. The van der Waals surface area contributed by atoms with Crippen LogP contribution in [0.5, 0.6) is 0 Å². The van der Waals surface area contributed by atoms with Crippen molar-refractivity contribution in [1.82, 2.24) is 9.80 Å². The highest BCUT2D eigenvalue weighted by molar-refractivity contribution is 4.93. The van der Waals surface area contributed by atoms with E-state index in [1.807, 2.05) is 0 Å². The molecule has 0 aromatic carbocycles. The van der Waals surface area contributed by atoms with Gasteiger partial charge in [0.15, 0.2) is 0 Å². The first-order chi connectivity index (χ1) is 11.9. The molecular formula is C21H46N4+2. The van der Waals surface area contributed by atoms with Gasteiger partial charge in [0.2, 0.25) is 0 Å². The molecule has 0 bridgehead atoms. The fourth-order valence-electron chi connectivity index (χ4n) is 6.65. The van der Waals surface area contributed by atoms with Crippen LogP contribution in [-0.4, -0.2) is 90.1 Å². The van der Waals surface area contributed by atoms with Gasteiger partial charge in [0, 0.05) is 19.5 Å². The van der Waals surface area contributed by atoms with Crippen molar-refractivity contribution in [2.45, 2.75) is 85.2 Å². The SMILES string of the molecule is CCCC1C[N@@+](C)(CC)C2(N(CC)CC(CCC)[N@@+]2(C)CC)N1CC. The third-order valence-corrected chi connectivity index (χ3v) is 7.83. The zero-order chi connectivity index (χ0) is 18.9. The van der Waals surface area contributed by atoms with Crippen molar-refractivity contribution in [1.29, 1.82) is 0 Å². The van der Waals surface area contributed by atoms with Crippen molar-refractivity contribution >= 4 is 0 Å². The lowest BCUT2D eigenvalue weighted by Gasteiger charge is -2.56. The van der Waals surface area contributed by atoms with Crippen LogP contribution in [-0.2, 0) is 0 Å². The number of nitrogens with zero attached hydrogens (tertiary/aromatic N) is 4. The van der Waals surface area contributed by atoms with Crippen molar-refractivity contribution in [2.75, 3.05) is 53.4 Å². The Kier molecular flexibility index (Phi) is 6.63. The van der Waals surface area contributed by atoms with E-state index in [1.54, 1.807) is 0 Å². The number of likely N-dealkylation sites (N-methyl/N-ethyl adjacent to an activating group) is 4. The molecule has 25 heavy (non-hydrogen) atoms. The van der Waals surface area contributed by atoms with Gasteiger partial charge in [-0.05, 0) is 20.3 Å². The van der Waals surface area contributed by atoms with Crippen LogP contribution in [0.2, 0.25) is 0 Å². The molecule has 2 aliphatic heterocycles. The third-order valence-electron chi connectivity index (χ3n) is 7.83. The molecule has 1 spiro atoms. The Hall–Kier alpha value is -0.160. The molecule has 0 aromatic rings. The molecule has 2 aliphatic rings. The van der Waals surface area contributed by atoms with Gasteiger partial charge in [-0.3, -0.25) is 0 Å². The van der Waals surface area contributed by atoms with Crippen LogP contribution >= 0.6 is 0 Å². The van der Waals surface area contributed by atoms with Crippen molar-refractivity contribution in [3.8, 4) is 0 Å². The smallest absolute Gasteiger partial charge is 0.244 e. The number of hydrogen-bond acceptors (Lipinski definition) is 2. The topological polar surface area (TPSA) is 6.48 Å². The lowest BCUT2D eigenvalue weighted by Crippen LogP contribution is -2.82. The van der Waals surface area contributed by atoms with Crippen LogP contribution < -0.4 is 0 Å². The number of hydrogen-bond donors (Lipinski definition) is 0. The summed E-state index contributed by atoms with van der Waals surface area (Å²) in [6, 6.07) is 1.48. The number of rotatable bonds is 8. The molecule has 2 heterocycles. The first-order valence-electron chi connectivity index (χ1n) is 11.1. The van der Waals surface area contributed by atoms with Gasteiger partial charge in [-0.2, -0.15) is 9.80 Å². The zero-order valence-corrected chi connectivity index (χ0v) is 18.5. The van der Waals surface area contributed by atoms with E-state index >= 15 is 0 Å². The Morgan fingerprint density at radius 3 is 1.96 bits per heavy atom. The molecule has 2 fully saturated rings. The van der Waals surface area contributed by atoms with Gasteiger partial charge in [-0.1, -0.05) is 40.5 Å². The Morgan fingerprint density at radius 1 is 0.880 bits per heavy atom. The lowest BCUT2D eigenvalue weighted by molar-refractivity contribution is -1.17. The van der Waals surface area contributed by atoms with Crippen LogP contribution in [0.25, 0.3) is 0 Å². The average Bonchev–Trinajstić information content (AvgIpc) is 3.01. The second-order valence-electron chi connectivity index (χ2n) is 8.79. The van der Waals surface area contributed by atoms with E-state index in [-0.39, 0.29) is 5.91 Å². The molecule has 0 radical (unpaired) electrons. The molecular weight excluding hydrogens is 308 g/mol. The minimum atomic E-state index is 0.118. The molecule has 5 atom stereocenters. The summed E-state index contributed by atoms with van der Waals surface area (Å²) in [7, 11) is 5.14. The van der Waals surface area contributed by atoms with Gasteiger partial charge in [-0.25, -0.2) is 8.97 Å². The monoisotopic (exact) mass is 354 g/mol. The molecule has 148 valence electrons. The molecule has 0 aliphatic carbocycles. The number of quaternary nitrogens is 2. The van der Waals surface area contributed by atoms with E-state index in [1.165, 1.54) is 67.4 Å². The molecule has 3 unspecified atom stereocenters. The second kappa shape index (κ2) is 7.84. The molecule has 0 N–H and O–H groups in total. The van der Waals surface area contributed by atoms with Crippen molar-refractivity contribution in [3.63, 3.8) is 0 Å². The molecule has 2 rings (SSSR count). The predicted molar refractivity (Wildman–Crippen MR) is 108 cm³/mol. The maximum absolute atomic E-state index is 2.93. The third kappa shape index (κ3) is 2.70. The maximum Gasteiger partial charge on any atom is 0.356 e. The van der Waals surface area contributed by atoms with Gasteiger partial charge in [0.25, 0.3) is 0 Å².